The Hall–Kier alpha value is -1.77. The summed E-state index contributed by atoms with van der Waals surface area (Å²) in [5.41, 5.74) is 2.23. The van der Waals surface area contributed by atoms with E-state index in [-0.39, 0.29) is 0 Å². The van der Waals surface area contributed by atoms with E-state index >= 15 is 0 Å². The number of ether oxygens (including phenoxy) is 2. The molecule has 18 heavy (non-hydrogen) atoms. The summed E-state index contributed by atoms with van der Waals surface area (Å²) in [6.45, 7) is 5.39. The molecule has 0 saturated carbocycles. The van der Waals surface area contributed by atoms with Gasteiger partial charge in [0, 0.05) is 18.7 Å². The minimum Gasteiger partial charge on any atom is -0.494 e. The van der Waals surface area contributed by atoms with Crippen LogP contribution in [0.4, 0.5) is 0 Å². The molecule has 0 N–H and O–H groups in total. The van der Waals surface area contributed by atoms with Gasteiger partial charge in [0.2, 0.25) is 0 Å². The zero-order valence-corrected chi connectivity index (χ0v) is 11.0. The molecule has 0 spiro atoms. The lowest BCUT2D eigenvalue weighted by Gasteiger charge is -2.13. The minimum absolute atomic E-state index is 0.589. The molecule has 0 unspecified atom stereocenters. The van der Waals surface area contributed by atoms with Gasteiger partial charge in [0.1, 0.15) is 12.4 Å². The molecule has 0 saturated heterocycles. The minimum atomic E-state index is 0.589. The van der Waals surface area contributed by atoms with Crippen LogP contribution in [-0.4, -0.2) is 19.1 Å². The summed E-state index contributed by atoms with van der Waals surface area (Å²) in [7, 11) is 0. The molecule has 0 atom stereocenters. The molecule has 1 aromatic carbocycles. The molecule has 1 aromatic rings. The van der Waals surface area contributed by atoms with Gasteiger partial charge in [0.25, 0.3) is 0 Å². The summed E-state index contributed by atoms with van der Waals surface area (Å²) in [4.78, 5) is 4.17. The van der Waals surface area contributed by atoms with Crippen molar-refractivity contribution in [2.45, 2.75) is 26.7 Å². The van der Waals surface area contributed by atoms with E-state index in [1.54, 1.807) is 0 Å². The predicted octanol–water partition coefficient (Wildman–Crippen LogP) is 3.66. The van der Waals surface area contributed by atoms with Gasteiger partial charge in [-0.15, -0.1) is 0 Å². The molecule has 0 fully saturated rings. The van der Waals surface area contributed by atoms with Crippen molar-refractivity contribution in [3.63, 3.8) is 0 Å². The first-order valence-electron chi connectivity index (χ1n) is 6.39. The highest BCUT2D eigenvalue weighted by atomic mass is 16.5. The Morgan fingerprint density at radius 2 is 2.06 bits per heavy atom. The van der Waals surface area contributed by atoms with Gasteiger partial charge in [-0.05, 0) is 24.1 Å². The van der Waals surface area contributed by atoms with E-state index < -0.39 is 0 Å². The zero-order chi connectivity index (χ0) is 12.8. The molecule has 0 aliphatic carbocycles. The van der Waals surface area contributed by atoms with E-state index in [4.69, 9.17) is 9.47 Å². The fourth-order valence-electron chi connectivity index (χ4n) is 1.68. The van der Waals surface area contributed by atoms with Gasteiger partial charge >= 0.3 is 0 Å². The molecule has 2 rings (SSSR count). The fraction of sp³-hybridized carbons (Fsp3) is 0.400. The normalized spacial score (nSPS) is 14.6. The third-order valence-electron chi connectivity index (χ3n) is 2.83. The van der Waals surface area contributed by atoms with Gasteiger partial charge in [-0.3, -0.25) is 0 Å². The zero-order valence-electron chi connectivity index (χ0n) is 11.0. The Morgan fingerprint density at radius 1 is 1.28 bits per heavy atom. The standard InChI is InChI=1S/C15H19NO2/c1-3-4-9-17-15-7-5-13(6-8-15)14-10-16-12(2)18-11-14/h5-8,10H,3-4,9,11H2,1-2H3. The Bertz CT molecular complexity index is 446. The second-order valence-corrected chi connectivity index (χ2v) is 4.32. The molecule has 96 valence electrons. The van der Waals surface area contributed by atoms with E-state index in [9.17, 15) is 0 Å². The van der Waals surface area contributed by atoms with Crippen molar-refractivity contribution < 1.29 is 9.47 Å². The molecule has 3 nitrogen and oxygen atoms in total. The van der Waals surface area contributed by atoms with Gasteiger partial charge in [0.15, 0.2) is 5.90 Å². The second-order valence-electron chi connectivity index (χ2n) is 4.32. The van der Waals surface area contributed by atoms with Gasteiger partial charge < -0.3 is 9.47 Å². The maximum atomic E-state index is 5.63. The highest BCUT2D eigenvalue weighted by Gasteiger charge is 2.07. The fourth-order valence-corrected chi connectivity index (χ4v) is 1.68. The quantitative estimate of drug-likeness (QED) is 0.741. The first-order chi connectivity index (χ1) is 8.79. The van der Waals surface area contributed by atoms with E-state index in [0.717, 1.165) is 42.2 Å². The average molecular weight is 245 g/mol. The molecular formula is C15H19NO2. The molecule has 0 radical (unpaired) electrons. The first kappa shape index (κ1) is 12.7. The van der Waals surface area contributed by atoms with Crippen LogP contribution in [0.1, 0.15) is 32.3 Å². The van der Waals surface area contributed by atoms with Crippen molar-refractivity contribution in [1.82, 2.24) is 0 Å². The van der Waals surface area contributed by atoms with Crippen LogP contribution in [0, 0.1) is 0 Å². The summed E-state index contributed by atoms with van der Waals surface area (Å²) in [5, 5.41) is 0. The Balaban J connectivity index is 1.99. The Kier molecular flexibility index (Phi) is 4.40. The molecule has 1 aliphatic heterocycles. The number of unbranched alkanes of at least 4 members (excludes halogenated alkanes) is 1. The SMILES string of the molecule is CCCCOc1ccc(C2=CN=C(C)OC2)cc1. The van der Waals surface area contributed by atoms with Crippen molar-refractivity contribution in [2.75, 3.05) is 13.2 Å². The van der Waals surface area contributed by atoms with Crippen LogP contribution in [0.25, 0.3) is 5.57 Å². The third-order valence-corrected chi connectivity index (χ3v) is 2.83. The molecular weight excluding hydrogens is 226 g/mol. The van der Waals surface area contributed by atoms with E-state index in [2.05, 4.69) is 11.9 Å². The lowest BCUT2D eigenvalue weighted by atomic mass is 10.1. The van der Waals surface area contributed by atoms with Crippen molar-refractivity contribution >= 4 is 11.5 Å². The third kappa shape index (κ3) is 3.36. The van der Waals surface area contributed by atoms with Crippen LogP contribution in [0.15, 0.2) is 35.5 Å². The van der Waals surface area contributed by atoms with Crippen molar-refractivity contribution in [3.8, 4) is 5.75 Å². The van der Waals surface area contributed by atoms with Gasteiger partial charge in [0.05, 0.1) is 6.61 Å². The Morgan fingerprint density at radius 3 is 2.67 bits per heavy atom. The maximum Gasteiger partial charge on any atom is 0.184 e. The lowest BCUT2D eigenvalue weighted by molar-refractivity contribution is 0.309. The number of hydrogen-bond donors (Lipinski definition) is 0. The molecule has 0 amide bonds. The second kappa shape index (κ2) is 6.24. The summed E-state index contributed by atoms with van der Waals surface area (Å²) in [6.07, 6.45) is 4.11. The van der Waals surface area contributed by atoms with E-state index in [0.29, 0.717) is 6.61 Å². The molecule has 1 aliphatic rings. The number of aliphatic imine (C=N–C) groups is 1. The summed E-state index contributed by atoms with van der Waals surface area (Å²) < 4.78 is 11.0. The molecule has 1 heterocycles. The van der Waals surface area contributed by atoms with Crippen molar-refractivity contribution in [1.29, 1.82) is 0 Å². The van der Waals surface area contributed by atoms with Crippen LogP contribution in [0.2, 0.25) is 0 Å². The van der Waals surface area contributed by atoms with Gasteiger partial charge in [-0.1, -0.05) is 25.5 Å². The number of hydrogen-bond acceptors (Lipinski definition) is 3. The topological polar surface area (TPSA) is 30.8 Å². The van der Waals surface area contributed by atoms with Crippen LogP contribution in [-0.2, 0) is 4.74 Å². The number of rotatable bonds is 5. The number of nitrogens with zero attached hydrogens (tertiary/aromatic N) is 1. The number of benzene rings is 1. The highest BCUT2D eigenvalue weighted by Crippen LogP contribution is 2.21. The molecule has 3 heteroatoms. The monoisotopic (exact) mass is 245 g/mol. The molecule has 0 aromatic heterocycles. The van der Waals surface area contributed by atoms with E-state index in [1.165, 1.54) is 0 Å². The largest absolute Gasteiger partial charge is 0.494 e. The smallest absolute Gasteiger partial charge is 0.184 e. The molecule has 0 bridgehead atoms. The van der Waals surface area contributed by atoms with Crippen molar-refractivity contribution in [2.24, 2.45) is 4.99 Å². The van der Waals surface area contributed by atoms with Gasteiger partial charge in [-0.25, -0.2) is 4.99 Å². The Labute approximate surface area is 108 Å². The summed E-state index contributed by atoms with van der Waals surface area (Å²) >= 11 is 0. The lowest BCUT2D eigenvalue weighted by Crippen LogP contribution is -2.07. The summed E-state index contributed by atoms with van der Waals surface area (Å²) in [5.74, 6) is 1.64. The van der Waals surface area contributed by atoms with Gasteiger partial charge in [-0.2, -0.15) is 0 Å². The van der Waals surface area contributed by atoms with Crippen LogP contribution < -0.4 is 4.74 Å². The van der Waals surface area contributed by atoms with E-state index in [1.807, 2.05) is 37.4 Å². The first-order valence-corrected chi connectivity index (χ1v) is 6.39. The highest BCUT2D eigenvalue weighted by molar-refractivity contribution is 5.80. The van der Waals surface area contributed by atoms with Crippen LogP contribution in [0.3, 0.4) is 0 Å². The van der Waals surface area contributed by atoms with Crippen molar-refractivity contribution in [3.05, 3.63) is 36.0 Å². The summed E-state index contributed by atoms with van der Waals surface area (Å²) in [6, 6.07) is 8.09. The average Bonchev–Trinajstić information content (AvgIpc) is 2.41. The predicted molar refractivity (Wildman–Crippen MR) is 73.9 cm³/mol. The maximum absolute atomic E-state index is 5.63. The van der Waals surface area contributed by atoms with Crippen LogP contribution >= 0.6 is 0 Å². The van der Waals surface area contributed by atoms with Crippen LogP contribution in [0.5, 0.6) is 5.75 Å².